The molecular weight excluding hydrogens is 194 g/mol. The van der Waals surface area contributed by atoms with Crippen molar-refractivity contribution in [2.75, 3.05) is 26.9 Å². The van der Waals surface area contributed by atoms with Crippen LogP contribution in [0.25, 0.3) is 0 Å². The van der Waals surface area contributed by atoms with Gasteiger partial charge >= 0.3 is 0 Å². The zero-order valence-electron chi connectivity index (χ0n) is 7.73. The Kier molecular flexibility index (Phi) is 3.28. The Balaban J connectivity index is 2.42. The molecule has 0 saturated carbocycles. The maximum Gasteiger partial charge on any atom is 0.222 e. The predicted octanol–water partition coefficient (Wildman–Crippen LogP) is 0.0512. The summed E-state index contributed by atoms with van der Waals surface area (Å²) in [6.45, 7) is 1.75. The van der Waals surface area contributed by atoms with Crippen LogP contribution in [0.1, 0.15) is 19.3 Å². The van der Waals surface area contributed by atoms with Crippen molar-refractivity contribution in [2.24, 2.45) is 0 Å². The third-order valence-electron chi connectivity index (χ3n) is 2.40. The van der Waals surface area contributed by atoms with Gasteiger partial charge in [-0.25, -0.2) is 12.6 Å². The Morgan fingerprint density at radius 3 is 2.31 bits per heavy atom. The highest BCUT2D eigenvalue weighted by atomic mass is 32.3. The summed E-state index contributed by atoms with van der Waals surface area (Å²) in [7, 11) is -2.62. The first-order chi connectivity index (χ1) is 5.91. The molecule has 78 valence electrons. The summed E-state index contributed by atoms with van der Waals surface area (Å²) in [4.78, 5) is 0. The molecule has 13 heavy (non-hydrogen) atoms. The lowest BCUT2D eigenvalue weighted by molar-refractivity contribution is -0.928. The lowest BCUT2D eigenvalue weighted by Crippen LogP contribution is -2.49. The highest BCUT2D eigenvalue weighted by Gasteiger charge is 2.25. The van der Waals surface area contributed by atoms with Crippen LogP contribution in [0.3, 0.4) is 0 Å². The number of piperidine rings is 1. The summed E-state index contributed by atoms with van der Waals surface area (Å²) in [5.74, 6) is 0. The first-order valence-electron chi connectivity index (χ1n) is 4.35. The zero-order valence-corrected chi connectivity index (χ0v) is 8.55. The smallest absolute Gasteiger partial charge is 0.222 e. The quantitative estimate of drug-likeness (QED) is 0.374. The summed E-state index contributed by atoms with van der Waals surface area (Å²) in [5.41, 5.74) is 0. The Morgan fingerprint density at radius 1 is 1.31 bits per heavy atom. The third-order valence-corrected chi connectivity index (χ3v) is 2.80. The average molecular weight is 209 g/mol. The number of hydrogen-bond acceptors (Lipinski definition) is 4. The second-order valence-electron chi connectivity index (χ2n) is 3.78. The molecule has 0 aromatic carbocycles. The number of nitrogens with zero attached hydrogens (tertiary/aromatic N) is 1. The minimum atomic E-state index is -4.53. The van der Waals surface area contributed by atoms with Gasteiger partial charge in [0.05, 0.1) is 20.1 Å². The van der Waals surface area contributed by atoms with Crippen molar-refractivity contribution >= 4 is 10.4 Å². The van der Waals surface area contributed by atoms with Crippen molar-refractivity contribution in [3.63, 3.8) is 0 Å². The minimum Gasteiger partial charge on any atom is -0.725 e. The molecule has 0 spiro atoms. The van der Waals surface area contributed by atoms with Crippen LogP contribution in [-0.4, -0.2) is 44.3 Å². The minimum absolute atomic E-state index is 0.0220. The molecule has 1 aliphatic heterocycles. The number of hydrogen-bond donors (Lipinski definition) is 0. The van der Waals surface area contributed by atoms with E-state index in [1.807, 2.05) is 7.05 Å². The van der Waals surface area contributed by atoms with Crippen molar-refractivity contribution in [1.29, 1.82) is 0 Å². The van der Waals surface area contributed by atoms with E-state index in [0.717, 1.165) is 25.9 Å². The SMILES string of the molecule is C[N+]1(COS(=O)(=O)[O-])CCCCC1. The molecule has 0 atom stereocenters. The maximum atomic E-state index is 10.2. The second-order valence-corrected chi connectivity index (χ2v) is 4.83. The van der Waals surface area contributed by atoms with Gasteiger partial charge in [0.1, 0.15) is 0 Å². The molecular formula is C7H15NO4S. The van der Waals surface area contributed by atoms with E-state index in [-0.39, 0.29) is 6.73 Å². The van der Waals surface area contributed by atoms with Gasteiger partial charge in [-0.15, -0.1) is 0 Å². The van der Waals surface area contributed by atoms with Crippen LogP contribution in [-0.2, 0) is 14.6 Å². The Bertz CT molecular complexity index is 256. The van der Waals surface area contributed by atoms with Crippen molar-refractivity contribution in [3.8, 4) is 0 Å². The molecule has 0 N–H and O–H groups in total. The molecule has 0 aromatic heterocycles. The Hall–Kier alpha value is -0.170. The van der Waals surface area contributed by atoms with E-state index < -0.39 is 10.4 Å². The average Bonchev–Trinajstić information content (AvgIpc) is 2.02. The van der Waals surface area contributed by atoms with E-state index in [1.54, 1.807) is 0 Å². The van der Waals surface area contributed by atoms with Crippen LogP contribution in [0.2, 0.25) is 0 Å². The molecule has 5 nitrogen and oxygen atoms in total. The van der Waals surface area contributed by atoms with E-state index in [1.165, 1.54) is 6.42 Å². The van der Waals surface area contributed by atoms with E-state index in [9.17, 15) is 13.0 Å². The fraction of sp³-hybridized carbons (Fsp3) is 1.00. The van der Waals surface area contributed by atoms with Crippen LogP contribution in [0.15, 0.2) is 0 Å². The van der Waals surface area contributed by atoms with Crippen molar-refractivity contribution < 1.29 is 21.6 Å². The fourth-order valence-corrected chi connectivity index (χ4v) is 1.98. The molecule has 6 heteroatoms. The number of likely N-dealkylation sites (tertiary alicyclic amines) is 1. The second kappa shape index (κ2) is 3.91. The molecule has 1 aliphatic rings. The summed E-state index contributed by atoms with van der Waals surface area (Å²) >= 11 is 0. The number of rotatable bonds is 3. The largest absolute Gasteiger partial charge is 0.725 e. The lowest BCUT2D eigenvalue weighted by atomic mass is 10.1. The van der Waals surface area contributed by atoms with Crippen LogP contribution in [0.5, 0.6) is 0 Å². The first kappa shape index (κ1) is 10.9. The molecule has 1 fully saturated rings. The van der Waals surface area contributed by atoms with Gasteiger partial charge in [-0.1, -0.05) is 0 Å². The van der Waals surface area contributed by atoms with Crippen LogP contribution < -0.4 is 0 Å². The standard InChI is InChI=1S/C7H15NO4S/c1-8(5-3-2-4-6-8)7-12-13(9,10)11/h2-7H2,1H3. The van der Waals surface area contributed by atoms with Gasteiger partial charge < -0.3 is 9.04 Å². The summed E-state index contributed by atoms with van der Waals surface area (Å²) < 4.78 is 35.5. The first-order valence-corrected chi connectivity index (χ1v) is 5.68. The molecule has 0 aromatic rings. The molecule has 1 heterocycles. The predicted molar refractivity (Wildman–Crippen MR) is 45.4 cm³/mol. The van der Waals surface area contributed by atoms with E-state index in [4.69, 9.17) is 0 Å². The van der Waals surface area contributed by atoms with Crippen LogP contribution in [0, 0.1) is 0 Å². The molecule has 1 saturated heterocycles. The highest BCUT2D eigenvalue weighted by molar-refractivity contribution is 7.80. The van der Waals surface area contributed by atoms with Crippen LogP contribution in [0.4, 0.5) is 0 Å². The Labute approximate surface area is 78.8 Å². The number of quaternary nitrogens is 1. The van der Waals surface area contributed by atoms with Gasteiger partial charge in [0.15, 0.2) is 6.73 Å². The molecule has 0 amide bonds. The van der Waals surface area contributed by atoms with Crippen molar-refractivity contribution in [3.05, 3.63) is 0 Å². The molecule has 0 aliphatic carbocycles. The normalized spacial score (nSPS) is 22.9. The Morgan fingerprint density at radius 2 is 1.85 bits per heavy atom. The summed E-state index contributed by atoms with van der Waals surface area (Å²) in [6, 6.07) is 0. The highest BCUT2D eigenvalue weighted by Crippen LogP contribution is 2.16. The van der Waals surface area contributed by atoms with E-state index in [0.29, 0.717) is 4.48 Å². The molecule has 1 rings (SSSR count). The monoisotopic (exact) mass is 209 g/mol. The van der Waals surface area contributed by atoms with Gasteiger partial charge in [0.25, 0.3) is 0 Å². The summed E-state index contributed by atoms with van der Waals surface area (Å²) in [6.07, 6.45) is 3.31. The fourth-order valence-electron chi connectivity index (χ4n) is 1.60. The van der Waals surface area contributed by atoms with E-state index >= 15 is 0 Å². The molecule has 0 radical (unpaired) electrons. The van der Waals surface area contributed by atoms with Crippen molar-refractivity contribution in [1.82, 2.24) is 0 Å². The van der Waals surface area contributed by atoms with Gasteiger partial charge in [-0.2, -0.15) is 0 Å². The van der Waals surface area contributed by atoms with Gasteiger partial charge in [0.2, 0.25) is 10.4 Å². The van der Waals surface area contributed by atoms with Crippen molar-refractivity contribution in [2.45, 2.75) is 19.3 Å². The summed E-state index contributed by atoms with van der Waals surface area (Å²) in [5, 5.41) is 0. The molecule has 0 bridgehead atoms. The van der Waals surface area contributed by atoms with Crippen LogP contribution >= 0.6 is 0 Å². The van der Waals surface area contributed by atoms with Gasteiger partial charge in [-0.05, 0) is 19.3 Å². The topological polar surface area (TPSA) is 66.4 Å². The molecule has 0 unspecified atom stereocenters. The van der Waals surface area contributed by atoms with Gasteiger partial charge in [0, 0.05) is 0 Å². The van der Waals surface area contributed by atoms with E-state index in [2.05, 4.69) is 4.18 Å². The third kappa shape index (κ3) is 4.04. The lowest BCUT2D eigenvalue weighted by Gasteiger charge is -2.36. The zero-order chi connectivity index (χ0) is 9.95. The van der Waals surface area contributed by atoms with Gasteiger partial charge in [-0.3, -0.25) is 0 Å². The maximum absolute atomic E-state index is 10.2.